The van der Waals surface area contributed by atoms with Crippen LogP contribution in [0.2, 0.25) is 5.02 Å². The third-order valence-corrected chi connectivity index (χ3v) is 15.0. The first-order valence-electron chi connectivity index (χ1n) is 23.8. The van der Waals surface area contributed by atoms with E-state index >= 15 is 22.0 Å². The number of nitrogens with zero attached hydrogens (tertiary/aromatic N) is 7. The van der Waals surface area contributed by atoms with Gasteiger partial charge in [-0.2, -0.15) is 23.1 Å². The molecule has 5 aliphatic rings. The number of hydrogen-bond acceptors (Lipinski definition) is 11. The second-order valence-electron chi connectivity index (χ2n) is 20.9. The molecule has 372 valence electrons. The van der Waals surface area contributed by atoms with Gasteiger partial charge >= 0.3 is 18.3 Å². The molecule has 12 nitrogen and oxygen atoms in total. The summed E-state index contributed by atoms with van der Waals surface area (Å²) in [5, 5.41) is -0.187. The van der Waals surface area contributed by atoms with Crippen molar-refractivity contribution in [2.45, 2.75) is 115 Å². The molecule has 18 heteroatoms. The molecular weight excluding hydrogens is 933 g/mol. The van der Waals surface area contributed by atoms with Crippen LogP contribution in [0, 0.1) is 18.2 Å². The van der Waals surface area contributed by atoms with Gasteiger partial charge in [-0.25, -0.2) is 18.6 Å². The van der Waals surface area contributed by atoms with Gasteiger partial charge in [0.2, 0.25) is 0 Å². The van der Waals surface area contributed by atoms with E-state index in [9.17, 15) is 4.79 Å². The summed E-state index contributed by atoms with van der Waals surface area (Å²) in [6.07, 6.45) is -1.94. The number of ether oxygens (including phenoxy) is 4. The van der Waals surface area contributed by atoms with Crippen molar-refractivity contribution >= 4 is 40.2 Å². The molecule has 4 saturated heterocycles. The van der Waals surface area contributed by atoms with E-state index in [0.29, 0.717) is 44.0 Å². The monoisotopic (exact) mass is 989 g/mol. The molecule has 5 fully saturated rings. The van der Waals surface area contributed by atoms with Crippen molar-refractivity contribution in [1.29, 1.82) is 0 Å². The summed E-state index contributed by atoms with van der Waals surface area (Å²) in [6.45, 7) is 8.88. The van der Waals surface area contributed by atoms with Crippen molar-refractivity contribution in [3.8, 4) is 28.8 Å². The van der Waals surface area contributed by atoms with Crippen molar-refractivity contribution in [3.05, 3.63) is 93.8 Å². The van der Waals surface area contributed by atoms with Crippen LogP contribution in [0.5, 0.6) is 17.5 Å². The van der Waals surface area contributed by atoms with E-state index in [1.807, 2.05) is 54.8 Å². The molecule has 2 bridgehead atoms. The molecule has 3 aromatic carbocycles. The molecule has 1 saturated carbocycles. The first kappa shape index (κ1) is 48.0. The Balaban J connectivity index is 1.09. The second kappa shape index (κ2) is 17.9. The Kier molecular flexibility index (Phi) is 12.2. The minimum atomic E-state index is -4.98. The van der Waals surface area contributed by atoms with Crippen LogP contribution < -0.4 is 24.0 Å². The number of aryl methyl sites for hydroxylation is 1. The lowest BCUT2D eigenvalue weighted by Crippen LogP contribution is -2.57. The van der Waals surface area contributed by atoms with Gasteiger partial charge in [0, 0.05) is 51.1 Å². The van der Waals surface area contributed by atoms with E-state index in [4.69, 9.17) is 35.5 Å². The lowest BCUT2D eigenvalue weighted by Gasteiger charge is -2.42. The van der Waals surface area contributed by atoms with Gasteiger partial charge < -0.3 is 28.7 Å². The normalized spacial score (nSPS) is 22.7. The third kappa shape index (κ3) is 9.23. The maximum absolute atomic E-state index is 18.0. The molecule has 70 heavy (non-hydrogen) atoms. The molecule has 4 aliphatic heterocycles. The molecule has 4 atom stereocenters. The number of amides is 1. The van der Waals surface area contributed by atoms with Crippen LogP contribution in [-0.2, 0) is 24.0 Å². The molecule has 10 rings (SSSR count). The lowest BCUT2D eigenvalue weighted by molar-refractivity contribution is -0.137. The van der Waals surface area contributed by atoms with Gasteiger partial charge in [-0.05, 0) is 118 Å². The van der Waals surface area contributed by atoms with Crippen LogP contribution in [0.15, 0.2) is 60.7 Å². The summed E-state index contributed by atoms with van der Waals surface area (Å²) < 4.78 is 102. The number of anilines is 2. The molecule has 1 amide bonds. The second-order valence-corrected chi connectivity index (χ2v) is 21.3. The Morgan fingerprint density at radius 3 is 2.06 bits per heavy atom. The fraction of sp³-hybridized carbons (Fsp3) is 0.500. The zero-order valence-electron chi connectivity index (χ0n) is 40.1. The Bertz CT molecular complexity index is 2750. The van der Waals surface area contributed by atoms with Crippen LogP contribution in [0.3, 0.4) is 0 Å². The summed E-state index contributed by atoms with van der Waals surface area (Å²) >= 11 is 7.07. The third-order valence-electron chi connectivity index (χ3n) is 14.7. The van der Waals surface area contributed by atoms with Crippen molar-refractivity contribution in [2.24, 2.45) is 5.41 Å². The van der Waals surface area contributed by atoms with Gasteiger partial charge in [-0.15, -0.1) is 0 Å². The number of fused-ring (bicyclic) bond motifs is 4. The number of rotatable bonds is 12. The van der Waals surface area contributed by atoms with E-state index in [-0.39, 0.29) is 82.8 Å². The maximum atomic E-state index is 18.0. The highest BCUT2D eigenvalue weighted by Gasteiger charge is 2.62. The Labute approximate surface area is 409 Å². The van der Waals surface area contributed by atoms with Gasteiger partial charge in [0.25, 0.3) is 0 Å². The summed E-state index contributed by atoms with van der Waals surface area (Å²) in [7, 11) is 3.11. The summed E-state index contributed by atoms with van der Waals surface area (Å²) in [4.78, 5) is 35.3. The Morgan fingerprint density at radius 2 is 1.50 bits per heavy atom. The van der Waals surface area contributed by atoms with Crippen LogP contribution >= 0.6 is 11.6 Å². The van der Waals surface area contributed by atoms with Gasteiger partial charge in [-0.3, -0.25) is 9.80 Å². The Morgan fingerprint density at radius 1 is 0.886 bits per heavy atom. The van der Waals surface area contributed by atoms with Crippen molar-refractivity contribution in [3.63, 3.8) is 0 Å². The quantitative estimate of drug-likeness (QED) is 0.112. The van der Waals surface area contributed by atoms with Gasteiger partial charge in [0.1, 0.15) is 47.0 Å². The highest BCUT2D eigenvalue weighted by molar-refractivity contribution is 6.34. The van der Waals surface area contributed by atoms with Crippen LogP contribution in [0.25, 0.3) is 22.2 Å². The molecule has 0 radical (unpaired) electrons. The number of aromatic nitrogens is 3. The topological polar surface area (TPSA) is 106 Å². The minimum Gasteiger partial charge on any atom is -0.497 e. The summed E-state index contributed by atoms with van der Waals surface area (Å²) in [6, 6.07) is 16.6. The number of piperazine rings is 1. The molecule has 0 N–H and O–H groups in total. The summed E-state index contributed by atoms with van der Waals surface area (Å²) in [5.74, 6) is 0.520. The number of benzene rings is 3. The van der Waals surface area contributed by atoms with Crippen molar-refractivity contribution < 1.29 is 45.7 Å². The zero-order valence-corrected chi connectivity index (χ0v) is 40.9. The number of carbonyl (C=O) groups is 1. The fourth-order valence-electron chi connectivity index (χ4n) is 11.4. The molecule has 2 unspecified atom stereocenters. The van der Waals surface area contributed by atoms with E-state index < -0.39 is 52.2 Å². The molecule has 6 heterocycles. The SMILES string of the molecule is COc1ccc(CN(Cc2ccc(OC)cc2)c2cc(C)c(C(F)(F)F)c(-c3c(Cl)cc4c(N5CC6CCC(C5)N6C(=O)OC(C)(C)C)nc(OC[C@@]56C[C@@H](F)CN5CC5(CC5)C6)nc4c3F)n2)cc1. The van der Waals surface area contributed by atoms with Crippen LogP contribution in [0.4, 0.5) is 38.4 Å². The smallest absolute Gasteiger partial charge is 0.418 e. The molecule has 1 aliphatic carbocycles. The average molecular weight is 991 g/mol. The van der Waals surface area contributed by atoms with Crippen molar-refractivity contribution in [2.75, 3.05) is 56.8 Å². The van der Waals surface area contributed by atoms with E-state index in [1.54, 1.807) is 43.4 Å². The highest BCUT2D eigenvalue weighted by Crippen LogP contribution is 2.61. The van der Waals surface area contributed by atoms with Crippen LogP contribution in [0.1, 0.15) is 81.5 Å². The lowest BCUT2D eigenvalue weighted by atomic mass is 9.89. The highest BCUT2D eigenvalue weighted by atomic mass is 35.5. The van der Waals surface area contributed by atoms with E-state index in [0.717, 1.165) is 36.9 Å². The van der Waals surface area contributed by atoms with E-state index in [1.165, 1.54) is 19.1 Å². The number of carbonyl (C=O) groups excluding carboxylic acids is 1. The minimum absolute atomic E-state index is 0.0408. The molecular formula is C52H57ClF5N7O5. The first-order valence-corrected chi connectivity index (χ1v) is 24.2. The Hall–Kier alpha value is -5.68. The first-order chi connectivity index (χ1) is 33.2. The van der Waals surface area contributed by atoms with Crippen molar-refractivity contribution in [1.82, 2.24) is 24.8 Å². The van der Waals surface area contributed by atoms with E-state index in [2.05, 4.69) is 14.9 Å². The number of hydrogen-bond donors (Lipinski definition) is 0. The largest absolute Gasteiger partial charge is 0.497 e. The van der Waals surface area contributed by atoms with Gasteiger partial charge in [0.05, 0.1) is 53.7 Å². The average Bonchev–Trinajstić information content (AvgIpc) is 3.79. The maximum Gasteiger partial charge on any atom is 0.418 e. The van der Waals surface area contributed by atoms with Gasteiger partial charge in [-0.1, -0.05) is 35.9 Å². The number of halogens is 6. The van der Waals surface area contributed by atoms with Crippen LogP contribution in [-0.4, -0.2) is 107 Å². The standard InChI is InChI=1S/C52H57ClF5N7O5/c1-30-19-40(62(22-31-7-13-36(67-5)14-8-31)23-32-9-15-37(68-6)16-10-32)59-45(42(30)52(56,57)58)41-39(53)20-38-44(43(41)55)60-47(69-29-51-21-33(54)24-64(51)28-50(27-51)17-18-50)61-46(38)63-25-34-11-12-35(26-63)65(34)48(66)70-49(2,3)4/h7-10,13-16,19-20,33-35H,11-12,17-18,21-29H2,1-6H3/t33-,34?,35?,51+/m1/s1. The van der Waals surface area contributed by atoms with Gasteiger partial charge in [0.15, 0.2) is 5.82 Å². The molecule has 1 spiro atoms. The molecule has 5 aromatic rings. The fourth-order valence-corrected chi connectivity index (χ4v) is 11.7. The zero-order chi connectivity index (χ0) is 49.5. The molecule has 2 aromatic heterocycles. The summed E-state index contributed by atoms with van der Waals surface area (Å²) in [5.41, 5.74) is -2.52. The number of alkyl halides is 4. The predicted octanol–water partition coefficient (Wildman–Crippen LogP) is 11.0. The number of pyridine rings is 1. The predicted molar refractivity (Wildman–Crippen MR) is 256 cm³/mol. The number of methoxy groups -OCH3 is 2.